The summed E-state index contributed by atoms with van der Waals surface area (Å²) in [5.74, 6) is 0.451. The van der Waals surface area contributed by atoms with Crippen LogP contribution in [0.15, 0.2) is 29.2 Å². The number of nitrogens with zero attached hydrogens (tertiary/aromatic N) is 1. The summed E-state index contributed by atoms with van der Waals surface area (Å²) in [5, 5.41) is 0. The molecule has 0 bridgehead atoms. The lowest BCUT2D eigenvalue weighted by molar-refractivity contribution is 0.0532. The number of sulfone groups is 1. The predicted molar refractivity (Wildman–Crippen MR) is 91.1 cm³/mol. The molecule has 1 saturated heterocycles. The molecule has 0 unspecified atom stereocenters. The molecule has 1 aliphatic heterocycles. The zero-order chi connectivity index (χ0) is 17.0. The molecule has 2 N–H and O–H groups in total. The maximum atomic E-state index is 12.7. The van der Waals surface area contributed by atoms with Crippen LogP contribution in [0.3, 0.4) is 0 Å². The average molecular weight is 338 g/mol. The van der Waals surface area contributed by atoms with Crippen LogP contribution in [0, 0.1) is 5.92 Å². The maximum absolute atomic E-state index is 12.7. The number of benzene rings is 1. The first-order valence-electron chi connectivity index (χ1n) is 8.24. The Kier molecular flexibility index (Phi) is 5.81. The number of piperidine rings is 1. The fourth-order valence-electron chi connectivity index (χ4n) is 3.22. The Balaban J connectivity index is 2.20. The third kappa shape index (κ3) is 3.93. The molecule has 6 heteroatoms. The molecule has 23 heavy (non-hydrogen) atoms. The lowest BCUT2D eigenvalue weighted by atomic mass is 9.90. The van der Waals surface area contributed by atoms with Crippen LogP contribution in [0.1, 0.15) is 43.5 Å². The summed E-state index contributed by atoms with van der Waals surface area (Å²) in [4.78, 5) is 14.8. The molecule has 2 rings (SSSR count). The van der Waals surface area contributed by atoms with Gasteiger partial charge >= 0.3 is 0 Å². The van der Waals surface area contributed by atoms with Crippen LogP contribution in [0.5, 0.6) is 0 Å². The van der Waals surface area contributed by atoms with Crippen LogP contribution >= 0.6 is 0 Å². The lowest BCUT2D eigenvalue weighted by Gasteiger charge is -2.39. The largest absolute Gasteiger partial charge is 0.334 e. The van der Waals surface area contributed by atoms with E-state index in [2.05, 4.69) is 6.92 Å². The van der Waals surface area contributed by atoms with E-state index in [1.54, 1.807) is 12.1 Å². The summed E-state index contributed by atoms with van der Waals surface area (Å²) in [6.45, 7) is 5.12. The quantitative estimate of drug-likeness (QED) is 0.891. The maximum Gasteiger partial charge on any atom is 0.254 e. The van der Waals surface area contributed by atoms with Crippen LogP contribution in [0.2, 0.25) is 0 Å². The van der Waals surface area contributed by atoms with Gasteiger partial charge in [0.15, 0.2) is 9.84 Å². The van der Waals surface area contributed by atoms with Gasteiger partial charge in [-0.05, 0) is 49.4 Å². The third-order valence-electron chi connectivity index (χ3n) is 4.55. The molecule has 1 aliphatic rings. The van der Waals surface area contributed by atoms with Gasteiger partial charge < -0.3 is 10.6 Å². The van der Waals surface area contributed by atoms with Gasteiger partial charge in [-0.15, -0.1) is 0 Å². The number of likely N-dealkylation sites (tertiary alicyclic amines) is 1. The monoisotopic (exact) mass is 338 g/mol. The van der Waals surface area contributed by atoms with Gasteiger partial charge in [0.1, 0.15) is 0 Å². The van der Waals surface area contributed by atoms with Crippen LogP contribution in [0.25, 0.3) is 0 Å². The molecule has 1 fully saturated rings. The predicted octanol–water partition coefficient (Wildman–Crippen LogP) is 2.07. The van der Waals surface area contributed by atoms with Gasteiger partial charge in [0.25, 0.3) is 5.91 Å². The fraction of sp³-hybridized carbons (Fsp3) is 0.588. The minimum absolute atomic E-state index is 0.0553. The van der Waals surface area contributed by atoms with Crippen molar-refractivity contribution >= 4 is 15.7 Å². The Hall–Kier alpha value is -1.40. The standard InChI is InChI=1S/C17H26N2O3S/c1-3-11-23(21,22)15-8-6-14(7-9-15)17(20)19-10-4-5-13(2)16(19)12-18/h6-9,13,16H,3-5,10-12,18H2,1-2H3/t13-,16+/m1/s1. The minimum Gasteiger partial charge on any atom is -0.334 e. The number of rotatable bonds is 5. The van der Waals surface area contributed by atoms with E-state index in [9.17, 15) is 13.2 Å². The van der Waals surface area contributed by atoms with E-state index in [-0.39, 0.29) is 22.6 Å². The molecule has 128 valence electrons. The van der Waals surface area contributed by atoms with E-state index in [0.717, 1.165) is 12.8 Å². The average Bonchev–Trinajstić information content (AvgIpc) is 2.54. The third-order valence-corrected chi connectivity index (χ3v) is 6.49. The topological polar surface area (TPSA) is 80.5 Å². The van der Waals surface area contributed by atoms with Crippen LogP contribution < -0.4 is 5.73 Å². The number of carbonyl (C=O) groups is 1. The highest BCUT2D eigenvalue weighted by Crippen LogP contribution is 2.24. The summed E-state index contributed by atoms with van der Waals surface area (Å²) in [7, 11) is -3.25. The number of hydrogen-bond donors (Lipinski definition) is 1. The van der Waals surface area contributed by atoms with Crippen molar-refractivity contribution in [3.8, 4) is 0 Å². The first kappa shape index (κ1) is 17.9. The molecular weight excluding hydrogens is 312 g/mol. The van der Waals surface area contributed by atoms with Crippen LogP contribution in [-0.2, 0) is 9.84 Å². The number of amides is 1. The second-order valence-electron chi connectivity index (χ2n) is 6.26. The molecule has 0 spiro atoms. The molecule has 5 nitrogen and oxygen atoms in total. The Morgan fingerprint density at radius 2 is 1.96 bits per heavy atom. The number of carbonyl (C=O) groups excluding carboxylic acids is 1. The Bertz CT molecular complexity index is 640. The summed E-state index contributed by atoms with van der Waals surface area (Å²) >= 11 is 0. The van der Waals surface area contributed by atoms with E-state index >= 15 is 0 Å². The van der Waals surface area contributed by atoms with E-state index in [4.69, 9.17) is 5.73 Å². The Morgan fingerprint density at radius 3 is 2.52 bits per heavy atom. The first-order chi connectivity index (χ1) is 10.9. The molecule has 1 heterocycles. The molecule has 0 saturated carbocycles. The molecular formula is C17H26N2O3S. The molecule has 2 atom stereocenters. The van der Waals surface area contributed by atoms with Crippen molar-refractivity contribution in [1.29, 1.82) is 0 Å². The Labute approximate surface area is 138 Å². The van der Waals surface area contributed by atoms with Crippen LogP contribution in [-0.4, -0.2) is 44.1 Å². The molecule has 0 radical (unpaired) electrons. The van der Waals surface area contributed by atoms with Crippen molar-refractivity contribution in [1.82, 2.24) is 4.90 Å². The molecule has 0 aliphatic carbocycles. The summed E-state index contributed by atoms with van der Waals surface area (Å²) in [6, 6.07) is 6.33. The zero-order valence-corrected chi connectivity index (χ0v) is 14.7. The molecule has 0 aromatic heterocycles. The Morgan fingerprint density at radius 1 is 1.30 bits per heavy atom. The molecule has 1 aromatic carbocycles. The lowest BCUT2D eigenvalue weighted by Crippen LogP contribution is -2.51. The minimum atomic E-state index is -3.25. The number of nitrogens with two attached hydrogens (primary N) is 1. The van der Waals surface area contributed by atoms with Gasteiger partial charge in [0.05, 0.1) is 10.6 Å². The van der Waals surface area contributed by atoms with E-state index in [1.165, 1.54) is 12.1 Å². The van der Waals surface area contributed by atoms with Crippen LogP contribution in [0.4, 0.5) is 0 Å². The normalized spacial score (nSPS) is 22.1. The van der Waals surface area contributed by atoms with Crippen molar-refractivity contribution in [3.05, 3.63) is 29.8 Å². The first-order valence-corrected chi connectivity index (χ1v) is 9.89. The smallest absolute Gasteiger partial charge is 0.254 e. The van der Waals surface area contributed by atoms with Crippen molar-refractivity contribution in [2.45, 2.75) is 44.0 Å². The van der Waals surface area contributed by atoms with Gasteiger partial charge in [-0.2, -0.15) is 0 Å². The molecule has 1 aromatic rings. The summed E-state index contributed by atoms with van der Waals surface area (Å²) in [5.41, 5.74) is 6.36. The van der Waals surface area contributed by atoms with E-state index in [0.29, 0.717) is 31.0 Å². The fourth-order valence-corrected chi connectivity index (χ4v) is 4.54. The number of hydrogen-bond acceptors (Lipinski definition) is 4. The second kappa shape index (κ2) is 7.45. The van der Waals surface area contributed by atoms with E-state index in [1.807, 2.05) is 11.8 Å². The van der Waals surface area contributed by atoms with Gasteiger partial charge in [-0.25, -0.2) is 8.42 Å². The highest BCUT2D eigenvalue weighted by Gasteiger charge is 2.31. The van der Waals surface area contributed by atoms with Gasteiger partial charge in [-0.1, -0.05) is 13.8 Å². The summed E-state index contributed by atoms with van der Waals surface area (Å²) in [6.07, 6.45) is 2.64. The van der Waals surface area contributed by atoms with Crippen molar-refractivity contribution in [2.75, 3.05) is 18.8 Å². The van der Waals surface area contributed by atoms with Gasteiger partial charge in [0, 0.05) is 24.7 Å². The highest BCUT2D eigenvalue weighted by atomic mass is 32.2. The van der Waals surface area contributed by atoms with Gasteiger partial charge in [-0.3, -0.25) is 4.79 Å². The van der Waals surface area contributed by atoms with Crippen molar-refractivity contribution in [3.63, 3.8) is 0 Å². The highest BCUT2D eigenvalue weighted by molar-refractivity contribution is 7.91. The van der Waals surface area contributed by atoms with Crippen molar-refractivity contribution in [2.24, 2.45) is 11.7 Å². The zero-order valence-electron chi connectivity index (χ0n) is 13.9. The summed E-state index contributed by atoms with van der Waals surface area (Å²) < 4.78 is 24.1. The molecule has 1 amide bonds. The van der Waals surface area contributed by atoms with Gasteiger partial charge in [0.2, 0.25) is 0 Å². The van der Waals surface area contributed by atoms with E-state index < -0.39 is 9.84 Å². The SMILES string of the molecule is CCCS(=O)(=O)c1ccc(C(=O)N2CCC[C@@H](C)[C@@H]2CN)cc1. The van der Waals surface area contributed by atoms with Crippen molar-refractivity contribution < 1.29 is 13.2 Å². The second-order valence-corrected chi connectivity index (χ2v) is 8.37.